The van der Waals surface area contributed by atoms with Crippen LogP contribution < -0.4 is 0 Å². The van der Waals surface area contributed by atoms with Gasteiger partial charge in [0.25, 0.3) is 0 Å². The maximum Gasteiger partial charge on any atom is 0.243 e. The van der Waals surface area contributed by atoms with Gasteiger partial charge in [-0.15, -0.1) is 0 Å². The number of aliphatic hydroxyl groups excluding tert-OH is 1. The van der Waals surface area contributed by atoms with Crippen molar-refractivity contribution in [2.45, 2.75) is 29.7 Å². The summed E-state index contributed by atoms with van der Waals surface area (Å²) in [5.74, 6) is 0. The fraction of sp³-hybridized carbons (Fsp3) is 0.500. The van der Waals surface area contributed by atoms with Gasteiger partial charge in [-0.2, -0.15) is 4.31 Å². The van der Waals surface area contributed by atoms with Gasteiger partial charge in [-0.1, -0.05) is 15.9 Å². The summed E-state index contributed by atoms with van der Waals surface area (Å²) in [6.07, 6.45) is 2.40. The van der Waals surface area contributed by atoms with E-state index in [2.05, 4.69) is 15.9 Å². The normalized spacial score (nSPS) is 18.7. The molecule has 0 atom stereocenters. The van der Waals surface area contributed by atoms with Crippen LogP contribution in [-0.2, 0) is 10.0 Å². The van der Waals surface area contributed by atoms with Gasteiger partial charge in [0.2, 0.25) is 10.0 Å². The fourth-order valence-electron chi connectivity index (χ4n) is 2.18. The van der Waals surface area contributed by atoms with Crippen LogP contribution >= 0.6 is 15.9 Å². The van der Waals surface area contributed by atoms with Crippen LogP contribution in [0.15, 0.2) is 33.6 Å². The zero-order valence-corrected chi connectivity index (χ0v) is 12.5. The number of nitrogens with zero attached hydrogens (tertiary/aromatic N) is 1. The van der Waals surface area contributed by atoms with Crippen molar-refractivity contribution in [3.63, 3.8) is 0 Å². The zero-order valence-electron chi connectivity index (χ0n) is 10.1. The third kappa shape index (κ3) is 2.22. The van der Waals surface area contributed by atoms with Gasteiger partial charge in [-0.3, -0.25) is 0 Å². The fourth-order valence-corrected chi connectivity index (χ4v) is 3.99. The largest absolute Gasteiger partial charge is 0.394 e. The molecule has 0 saturated heterocycles. The summed E-state index contributed by atoms with van der Waals surface area (Å²) in [6.45, 7) is -0.126. The summed E-state index contributed by atoms with van der Waals surface area (Å²) >= 11 is 3.28. The maximum absolute atomic E-state index is 12.4. The Morgan fingerprint density at radius 3 is 2.28 bits per heavy atom. The van der Waals surface area contributed by atoms with Gasteiger partial charge >= 0.3 is 0 Å². The average Bonchev–Trinajstić information content (AvgIpc) is 2.28. The van der Waals surface area contributed by atoms with Gasteiger partial charge in [-0.05, 0) is 43.5 Å². The minimum absolute atomic E-state index is 0.126. The Kier molecular flexibility index (Phi) is 3.82. The number of halogens is 1. The van der Waals surface area contributed by atoms with Gasteiger partial charge in [0.15, 0.2) is 0 Å². The quantitative estimate of drug-likeness (QED) is 0.916. The Morgan fingerprint density at radius 1 is 1.33 bits per heavy atom. The standard InChI is InChI=1S/C12H16BrNO3S/c1-14(12(9-15)7-2-8-12)18(16,17)11-5-3-10(13)4-6-11/h3-6,15H,2,7-9H2,1H3. The van der Waals surface area contributed by atoms with Crippen molar-refractivity contribution in [1.29, 1.82) is 0 Å². The third-order valence-corrected chi connectivity index (χ3v) is 6.22. The van der Waals surface area contributed by atoms with E-state index >= 15 is 0 Å². The van der Waals surface area contributed by atoms with Crippen molar-refractivity contribution in [1.82, 2.24) is 4.31 Å². The second kappa shape index (κ2) is 4.92. The molecule has 1 aromatic rings. The Balaban J connectivity index is 2.33. The van der Waals surface area contributed by atoms with E-state index in [0.717, 1.165) is 23.7 Å². The molecule has 1 aromatic carbocycles. The van der Waals surface area contributed by atoms with Crippen LogP contribution in [0, 0.1) is 0 Å². The zero-order chi connectivity index (χ0) is 13.4. The van der Waals surface area contributed by atoms with Crippen LogP contribution in [-0.4, -0.2) is 37.0 Å². The van der Waals surface area contributed by atoms with E-state index in [9.17, 15) is 13.5 Å². The van der Waals surface area contributed by atoms with Crippen molar-refractivity contribution >= 4 is 26.0 Å². The first-order chi connectivity index (χ1) is 8.42. The Hall–Kier alpha value is -0.430. The molecule has 0 aliphatic heterocycles. The molecule has 2 rings (SSSR count). The molecule has 0 aromatic heterocycles. The molecule has 0 radical (unpaired) electrons. The minimum Gasteiger partial charge on any atom is -0.394 e. The van der Waals surface area contributed by atoms with Crippen molar-refractivity contribution in [2.24, 2.45) is 0 Å². The van der Waals surface area contributed by atoms with Crippen LogP contribution in [0.5, 0.6) is 0 Å². The number of hydrogen-bond acceptors (Lipinski definition) is 3. The summed E-state index contributed by atoms with van der Waals surface area (Å²) < 4.78 is 27.0. The van der Waals surface area contributed by atoms with Crippen molar-refractivity contribution < 1.29 is 13.5 Å². The molecule has 1 N–H and O–H groups in total. The molecule has 1 fully saturated rings. The predicted molar refractivity (Wildman–Crippen MR) is 72.8 cm³/mol. The van der Waals surface area contributed by atoms with E-state index in [4.69, 9.17) is 0 Å². The van der Waals surface area contributed by atoms with E-state index in [-0.39, 0.29) is 11.5 Å². The summed E-state index contributed by atoms with van der Waals surface area (Å²) in [6, 6.07) is 6.54. The number of benzene rings is 1. The molecule has 100 valence electrons. The predicted octanol–water partition coefficient (Wildman–Crippen LogP) is 1.98. The highest BCUT2D eigenvalue weighted by Gasteiger charge is 2.45. The second-order valence-corrected chi connectivity index (χ2v) is 7.55. The summed E-state index contributed by atoms with van der Waals surface area (Å²) in [5, 5.41) is 9.45. The van der Waals surface area contributed by atoms with Crippen LogP contribution in [0.25, 0.3) is 0 Å². The molecule has 0 unspecified atom stereocenters. The summed E-state index contributed by atoms with van der Waals surface area (Å²) in [7, 11) is -1.99. The van der Waals surface area contributed by atoms with Gasteiger partial charge in [0.1, 0.15) is 0 Å². The molecule has 1 aliphatic rings. The average molecular weight is 334 g/mol. The van der Waals surface area contributed by atoms with E-state index in [1.54, 1.807) is 31.3 Å². The number of likely N-dealkylation sites (N-methyl/N-ethyl adjacent to an activating group) is 1. The maximum atomic E-state index is 12.4. The lowest BCUT2D eigenvalue weighted by atomic mass is 9.77. The molecule has 1 aliphatic carbocycles. The van der Waals surface area contributed by atoms with Gasteiger partial charge in [-0.25, -0.2) is 8.42 Å². The second-order valence-electron chi connectivity index (χ2n) is 4.66. The third-order valence-electron chi connectivity index (χ3n) is 3.72. The highest BCUT2D eigenvalue weighted by molar-refractivity contribution is 9.10. The van der Waals surface area contributed by atoms with Crippen LogP contribution in [0.1, 0.15) is 19.3 Å². The van der Waals surface area contributed by atoms with Crippen LogP contribution in [0.4, 0.5) is 0 Å². The molecule has 4 nitrogen and oxygen atoms in total. The van der Waals surface area contributed by atoms with Crippen molar-refractivity contribution in [3.8, 4) is 0 Å². The first-order valence-corrected chi connectivity index (χ1v) is 8.01. The first-order valence-electron chi connectivity index (χ1n) is 5.78. The van der Waals surface area contributed by atoms with Crippen LogP contribution in [0.3, 0.4) is 0 Å². The molecule has 0 bridgehead atoms. The van der Waals surface area contributed by atoms with Gasteiger partial charge in [0, 0.05) is 11.5 Å². The van der Waals surface area contributed by atoms with E-state index in [1.165, 1.54) is 4.31 Å². The van der Waals surface area contributed by atoms with Crippen molar-refractivity contribution in [2.75, 3.05) is 13.7 Å². The molecule has 0 heterocycles. The molecular weight excluding hydrogens is 318 g/mol. The Labute approximate surface area is 116 Å². The highest BCUT2D eigenvalue weighted by Crippen LogP contribution is 2.39. The monoisotopic (exact) mass is 333 g/mol. The minimum atomic E-state index is -3.53. The smallest absolute Gasteiger partial charge is 0.243 e. The van der Waals surface area contributed by atoms with Gasteiger partial charge in [0.05, 0.1) is 17.0 Å². The lowest BCUT2D eigenvalue weighted by molar-refractivity contribution is 0.0370. The van der Waals surface area contributed by atoms with Gasteiger partial charge < -0.3 is 5.11 Å². The molecule has 0 amide bonds. The molecule has 1 saturated carbocycles. The lowest BCUT2D eigenvalue weighted by Crippen LogP contribution is -2.56. The Bertz CT molecular complexity index is 517. The molecule has 0 spiro atoms. The number of rotatable bonds is 4. The topological polar surface area (TPSA) is 57.6 Å². The molecule has 18 heavy (non-hydrogen) atoms. The number of aliphatic hydroxyl groups is 1. The SMILES string of the molecule is CN(C1(CO)CCC1)S(=O)(=O)c1ccc(Br)cc1. The van der Waals surface area contributed by atoms with E-state index in [0.29, 0.717) is 0 Å². The van der Waals surface area contributed by atoms with E-state index in [1.807, 2.05) is 0 Å². The summed E-state index contributed by atoms with van der Waals surface area (Å²) in [4.78, 5) is 0.257. The summed E-state index contributed by atoms with van der Waals surface area (Å²) in [5.41, 5.74) is -0.605. The van der Waals surface area contributed by atoms with Crippen LogP contribution in [0.2, 0.25) is 0 Å². The Morgan fingerprint density at radius 2 is 1.89 bits per heavy atom. The highest BCUT2D eigenvalue weighted by atomic mass is 79.9. The van der Waals surface area contributed by atoms with E-state index < -0.39 is 15.6 Å². The lowest BCUT2D eigenvalue weighted by Gasteiger charge is -2.46. The molecular formula is C12H16BrNO3S. The molecule has 6 heteroatoms. The first kappa shape index (κ1) is 14.0. The number of hydrogen-bond donors (Lipinski definition) is 1. The number of sulfonamides is 1. The van der Waals surface area contributed by atoms with Crippen molar-refractivity contribution in [3.05, 3.63) is 28.7 Å².